The van der Waals surface area contributed by atoms with Crippen molar-refractivity contribution in [2.75, 3.05) is 30.9 Å². The lowest BCUT2D eigenvalue weighted by atomic mass is 10.0. The van der Waals surface area contributed by atoms with Gasteiger partial charge >= 0.3 is 0 Å². The van der Waals surface area contributed by atoms with Gasteiger partial charge in [0, 0.05) is 26.2 Å². The van der Waals surface area contributed by atoms with Gasteiger partial charge in [-0.1, -0.05) is 13.8 Å². The second-order valence-corrected chi connectivity index (χ2v) is 3.88. The number of anilines is 2. The van der Waals surface area contributed by atoms with E-state index in [9.17, 15) is 0 Å². The van der Waals surface area contributed by atoms with Crippen LogP contribution >= 0.6 is 0 Å². The number of nitrogens with zero attached hydrogens (tertiary/aromatic N) is 3. The van der Waals surface area contributed by atoms with Crippen LogP contribution in [0, 0.1) is 0 Å². The highest BCUT2D eigenvalue weighted by molar-refractivity contribution is 5.59. The second kappa shape index (κ2) is 4.96. The third-order valence-electron chi connectivity index (χ3n) is 2.51. The van der Waals surface area contributed by atoms with Crippen LogP contribution < -0.4 is 10.2 Å². The van der Waals surface area contributed by atoms with Crippen molar-refractivity contribution in [2.45, 2.75) is 26.7 Å². The number of hydrogen-bond donors (Lipinski definition) is 1. The van der Waals surface area contributed by atoms with E-state index in [0.29, 0.717) is 5.92 Å². The first-order valence-corrected chi connectivity index (χ1v) is 5.35. The topological polar surface area (TPSA) is 41.1 Å². The molecule has 15 heavy (non-hydrogen) atoms. The Morgan fingerprint density at radius 2 is 2.07 bits per heavy atom. The highest BCUT2D eigenvalue weighted by atomic mass is 15.2. The maximum absolute atomic E-state index is 4.35. The quantitative estimate of drug-likeness (QED) is 0.822. The molecule has 0 aliphatic rings. The van der Waals surface area contributed by atoms with E-state index in [2.05, 4.69) is 41.0 Å². The summed E-state index contributed by atoms with van der Waals surface area (Å²) in [7, 11) is 3.94. The number of aromatic nitrogens is 2. The van der Waals surface area contributed by atoms with E-state index in [4.69, 9.17) is 0 Å². The Bertz CT molecular complexity index is 322. The van der Waals surface area contributed by atoms with Crippen molar-refractivity contribution >= 4 is 11.6 Å². The highest BCUT2D eigenvalue weighted by Gasteiger charge is 2.15. The molecule has 0 saturated carbocycles. The molecule has 84 valence electrons. The lowest BCUT2D eigenvalue weighted by Crippen LogP contribution is -2.20. The van der Waals surface area contributed by atoms with E-state index in [1.54, 1.807) is 6.33 Å². The molecule has 0 unspecified atom stereocenters. The van der Waals surface area contributed by atoms with Crippen molar-refractivity contribution in [3.05, 3.63) is 11.9 Å². The van der Waals surface area contributed by atoms with Gasteiger partial charge < -0.3 is 10.2 Å². The lowest BCUT2D eigenvalue weighted by Gasteiger charge is -2.22. The van der Waals surface area contributed by atoms with E-state index in [1.165, 1.54) is 5.56 Å². The molecule has 0 bridgehead atoms. The molecular formula is C11H20N4. The predicted octanol–water partition coefficient (Wildman–Crippen LogP) is 2.10. The fourth-order valence-electron chi connectivity index (χ4n) is 1.57. The standard InChI is InChI=1S/C11H20N4/c1-6-15(5)11-9(8(2)3)10(12-4)13-7-14-11/h7-8H,6H2,1-5H3,(H,12,13,14). The van der Waals surface area contributed by atoms with E-state index in [1.807, 2.05) is 14.1 Å². The van der Waals surface area contributed by atoms with E-state index < -0.39 is 0 Å². The van der Waals surface area contributed by atoms with Gasteiger partial charge in [0.15, 0.2) is 0 Å². The maximum atomic E-state index is 4.35. The van der Waals surface area contributed by atoms with Gasteiger partial charge in [0.2, 0.25) is 0 Å². The summed E-state index contributed by atoms with van der Waals surface area (Å²) in [6.45, 7) is 7.38. The molecule has 0 amide bonds. The monoisotopic (exact) mass is 208 g/mol. The second-order valence-electron chi connectivity index (χ2n) is 3.88. The van der Waals surface area contributed by atoms with Crippen molar-refractivity contribution in [1.82, 2.24) is 9.97 Å². The van der Waals surface area contributed by atoms with Crippen LogP contribution in [0.15, 0.2) is 6.33 Å². The lowest BCUT2D eigenvalue weighted by molar-refractivity contribution is 0.821. The average Bonchev–Trinajstić information content (AvgIpc) is 2.26. The van der Waals surface area contributed by atoms with Gasteiger partial charge in [-0.25, -0.2) is 9.97 Å². The normalized spacial score (nSPS) is 10.5. The minimum absolute atomic E-state index is 0.414. The van der Waals surface area contributed by atoms with Gasteiger partial charge in [-0.3, -0.25) is 0 Å². The summed E-state index contributed by atoms with van der Waals surface area (Å²) in [4.78, 5) is 10.7. The molecule has 1 rings (SSSR count). The molecule has 0 spiro atoms. The molecule has 0 fully saturated rings. The fourth-order valence-corrected chi connectivity index (χ4v) is 1.57. The zero-order valence-electron chi connectivity index (χ0n) is 10.2. The van der Waals surface area contributed by atoms with Gasteiger partial charge in [0.1, 0.15) is 18.0 Å². The maximum Gasteiger partial charge on any atom is 0.137 e. The van der Waals surface area contributed by atoms with Gasteiger partial charge in [0.05, 0.1) is 0 Å². The molecule has 4 heteroatoms. The summed E-state index contributed by atoms with van der Waals surface area (Å²) >= 11 is 0. The Balaban J connectivity index is 3.25. The minimum Gasteiger partial charge on any atom is -0.373 e. The van der Waals surface area contributed by atoms with Crippen LogP contribution in [0.1, 0.15) is 32.3 Å². The molecule has 1 aromatic rings. The molecule has 0 aliphatic heterocycles. The molecule has 0 aromatic carbocycles. The molecule has 1 heterocycles. The number of nitrogens with one attached hydrogen (secondary N) is 1. The molecule has 1 N–H and O–H groups in total. The number of rotatable bonds is 4. The highest BCUT2D eigenvalue weighted by Crippen LogP contribution is 2.29. The van der Waals surface area contributed by atoms with Crippen LogP contribution in [0.4, 0.5) is 11.6 Å². The molecule has 0 saturated heterocycles. The molecule has 0 atom stereocenters. The number of hydrogen-bond acceptors (Lipinski definition) is 4. The third kappa shape index (κ3) is 2.37. The first kappa shape index (κ1) is 11.8. The molecular weight excluding hydrogens is 188 g/mol. The predicted molar refractivity (Wildman–Crippen MR) is 64.6 cm³/mol. The summed E-state index contributed by atoms with van der Waals surface area (Å²) in [5, 5.41) is 3.12. The summed E-state index contributed by atoms with van der Waals surface area (Å²) in [6.07, 6.45) is 1.61. The summed E-state index contributed by atoms with van der Waals surface area (Å²) in [5.74, 6) is 2.36. The van der Waals surface area contributed by atoms with Gasteiger partial charge in [0.25, 0.3) is 0 Å². The van der Waals surface area contributed by atoms with Crippen LogP contribution in [0.2, 0.25) is 0 Å². The SMILES string of the molecule is CCN(C)c1ncnc(NC)c1C(C)C. The Morgan fingerprint density at radius 1 is 1.40 bits per heavy atom. The minimum atomic E-state index is 0.414. The summed E-state index contributed by atoms with van der Waals surface area (Å²) in [6, 6.07) is 0. The summed E-state index contributed by atoms with van der Waals surface area (Å²) < 4.78 is 0. The summed E-state index contributed by atoms with van der Waals surface area (Å²) in [5.41, 5.74) is 1.18. The Labute approximate surface area is 91.7 Å². The van der Waals surface area contributed by atoms with Crippen molar-refractivity contribution in [1.29, 1.82) is 0 Å². The van der Waals surface area contributed by atoms with Crippen LogP contribution in [0.25, 0.3) is 0 Å². The molecule has 0 aliphatic carbocycles. The van der Waals surface area contributed by atoms with Crippen LogP contribution in [-0.2, 0) is 0 Å². The van der Waals surface area contributed by atoms with Crippen molar-refractivity contribution in [3.8, 4) is 0 Å². The Kier molecular flexibility index (Phi) is 3.88. The zero-order chi connectivity index (χ0) is 11.4. The van der Waals surface area contributed by atoms with Crippen molar-refractivity contribution < 1.29 is 0 Å². The first-order chi connectivity index (χ1) is 7.11. The van der Waals surface area contributed by atoms with E-state index in [0.717, 1.165) is 18.2 Å². The van der Waals surface area contributed by atoms with Gasteiger partial charge in [-0.05, 0) is 12.8 Å². The van der Waals surface area contributed by atoms with Crippen LogP contribution in [0.5, 0.6) is 0 Å². The van der Waals surface area contributed by atoms with Crippen molar-refractivity contribution in [2.24, 2.45) is 0 Å². The largest absolute Gasteiger partial charge is 0.373 e. The fraction of sp³-hybridized carbons (Fsp3) is 0.636. The van der Waals surface area contributed by atoms with Crippen molar-refractivity contribution in [3.63, 3.8) is 0 Å². The third-order valence-corrected chi connectivity index (χ3v) is 2.51. The molecule has 1 aromatic heterocycles. The first-order valence-electron chi connectivity index (χ1n) is 5.35. The van der Waals surface area contributed by atoms with E-state index in [-0.39, 0.29) is 0 Å². The Hall–Kier alpha value is -1.32. The van der Waals surface area contributed by atoms with Gasteiger partial charge in [-0.2, -0.15) is 0 Å². The van der Waals surface area contributed by atoms with E-state index >= 15 is 0 Å². The molecule has 4 nitrogen and oxygen atoms in total. The van der Waals surface area contributed by atoms with Crippen LogP contribution in [-0.4, -0.2) is 30.6 Å². The van der Waals surface area contributed by atoms with Gasteiger partial charge in [-0.15, -0.1) is 0 Å². The molecule has 0 radical (unpaired) electrons. The smallest absolute Gasteiger partial charge is 0.137 e. The van der Waals surface area contributed by atoms with Crippen LogP contribution in [0.3, 0.4) is 0 Å². The zero-order valence-corrected chi connectivity index (χ0v) is 10.2. The Morgan fingerprint density at radius 3 is 2.53 bits per heavy atom. The average molecular weight is 208 g/mol.